The third-order valence-corrected chi connectivity index (χ3v) is 4.65. The van der Waals surface area contributed by atoms with E-state index >= 15 is 0 Å². The lowest BCUT2D eigenvalue weighted by Crippen LogP contribution is -2.30. The van der Waals surface area contributed by atoms with Gasteiger partial charge in [0, 0.05) is 44.7 Å². The summed E-state index contributed by atoms with van der Waals surface area (Å²) in [4.78, 5) is 8.64. The van der Waals surface area contributed by atoms with Crippen molar-refractivity contribution in [1.82, 2.24) is 14.5 Å². The Balaban J connectivity index is 1.72. The van der Waals surface area contributed by atoms with E-state index in [2.05, 4.69) is 15.3 Å². The molecule has 0 radical (unpaired) electrons. The van der Waals surface area contributed by atoms with Crippen LogP contribution in [0.25, 0.3) is 0 Å². The highest BCUT2D eigenvalue weighted by Gasteiger charge is 2.30. The van der Waals surface area contributed by atoms with Crippen LogP contribution in [0.5, 0.6) is 0 Å². The molecule has 1 N–H and O–H groups in total. The maximum Gasteiger partial charge on any atom is 0.138 e. The van der Waals surface area contributed by atoms with Crippen molar-refractivity contribution >= 4 is 17.3 Å². The largest absolute Gasteiger partial charge is 0.383 e. The molecule has 0 unspecified atom stereocenters. The van der Waals surface area contributed by atoms with Gasteiger partial charge >= 0.3 is 0 Å². The van der Waals surface area contributed by atoms with Crippen molar-refractivity contribution in [2.75, 3.05) is 18.5 Å². The van der Waals surface area contributed by atoms with E-state index in [9.17, 15) is 0 Å². The quantitative estimate of drug-likeness (QED) is 0.938. The van der Waals surface area contributed by atoms with Crippen molar-refractivity contribution in [3.8, 4) is 0 Å². The van der Waals surface area contributed by atoms with Gasteiger partial charge in [0.15, 0.2) is 0 Å². The highest BCUT2D eigenvalue weighted by atomic mass is 35.5. The van der Waals surface area contributed by atoms with E-state index in [1.54, 1.807) is 6.20 Å². The summed E-state index contributed by atoms with van der Waals surface area (Å²) in [7, 11) is 2.01. The first-order valence-electron chi connectivity index (χ1n) is 7.60. The molecule has 1 saturated heterocycles. The number of halogens is 1. The molecule has 0 amide bonds. The number of nitrogens with zero attached hydrogens (tertiary/aromatic N) is 3. The smallest absolute Gasteiger partial charge is 0.138 e. The minimum atomic E-state index is 0.0305. The molecule has 2 aromatic rings. The van der Waals surface area contributed by atoms with Crippen LogP contribution in [0.15, 0.2) is 24.7 Å². The number of ether oxygens (including phenoxy) is 1. The van der Waals surface area contributed by atoms with Gasteiger partial charge in [-0.05, 0) is 25.8 Å². The Morgan fingerprint density at radius 1 is 1.41 bits per heavy atom. The maximum absolute atomic E-state index is 6.30. The molecular formula is C16H21ClN4O. The fourth-order valence-corrected chi connectivity index (χ4v) is 3.09. The van der Waals surface area contributed by atoms with Gasteiger partial charge in [-0.25, -0.2) is 4.98 Å². The van der Waals surface area contributed by atoms with Gasteiger partial charge in [-0.3, -0.25) is 4.98 Å². The third-order valence-electron chi connectivity index (χ3n) is 4.18. The Labute approximate surface area is 135 Å². The minimum absolute atomic E-state index is 0.0305. The second-order valence-corrected chi connectivity index (χ2v) is 6.11. The zero-order chi connectivity index (χ0) is 15.5. The molecule has 6 heteroatoms. The lowest BCUT2D eigenvalue weighted by molar-refractivity contribution is -0.0304. The van der Waals surface area contributed by atoms with Crippen molar-refractivity contribution in [2.24, 2.45) is 13.0 Å². The Bertz CT molecular complexity index is 643. The molecule has 3 heterocycles. The van der Waals surface area contributed by atoms with Gasteiger partial charge in [-0.1, -0.05) is 11.6 Å². The average molecular weight is 321 g/mol. The first-order chi connectivity index (χ1) is 10.7. The van der Waals surface area contributed by atoms with Crippen LogP contribution >= 0.6 is 11.6 Å². The number of anilines is 1. The number of aryl methyl sites for hydroxylation is 2. The summed E-state index contributed by atoms with van der Waals surface area (Å²) in [6.07, 6.45) is 7.78. The normalized spacial score (nSPS) is 21.8. The van der Waals surface area contributed by atoms with Gasteiger partial charge < -0.3 is 14.6 Å². The van der Waals surface area contributed by atoms with E-state index in [1.807, 2.05) is 37.0 Å². The number of nitrogens with one attached hydrogen (secondary N) is 1. The molecule has 0 bridgehead atoms. The van der Waals surface area contributed by atoms with Crippen molar-refractivity contribution in [3.63, 3.8) is 0 Å². The zero-order valence-electron chi connectivity index (χ0n) is 12.9. The van der Waals surface area contributed by atoms with E-state index in [0.717, 1.165) is 43.2 Å². The van der Waals surface area contributed by atoms with E-state index in [-0.39, 0.29) is 6.10 Å². The van der Waals surface area contributed by atoms with E-state index in [1.165, 1.54) is 0 Å². The minimum Gasteiger partial charge on any atom is -0.383 e. The fourth-order valence-electron chi connectivity index (χ4n) is 2.91. The number of hydrogen-bond donors (Lipinski definition) is 1. The van der Waals surface area contributed by atoms with Crippen molar-refractivity contribution in [3.05, 3.63) is 41.2 Å². The molecular weight excluding hydrogens is 300 g/mol. The van der Waals surface area contributed by atoms with Gasteiger partial charge in [-0.2, -0.15) is 0 Å². The van der Waals surface area contributed by atoms with Gasteiger partial charge in [0.25, 0.3) is 0 Å². The maximum atomic E-state index is 6.30. The fraction of sp³-hybridized carbons (Fsp3) is 0.500. The summed E-state index contributed by atoms with van der Waals surface area (Å²) in [5.41, 5.74) is 1.77. The summed E-state index contributed by atoms with van der Waals surface area (Å²) in [5, 5.41) is 4.13. The first kappa shape index (κ1) is 15.3. The van der Waals surface area contributed by atoms with Crippen LogP contribution in [0.1, 0.15) is 30.5 Å². The molecule has 5 nitrogen and oxygen atoms in total. The van der Waals surface area contributed by atoms with Crippen LogP contribution in [0.4, 0.5) is 5.69 Å². The van der Waals surface area contributed by atoms with Crippen molar-refractivity contribution in [1.29, 1.82) is 0 Å². The third kappa shape index (κ3) is 3.10. The predicted molar refractivity (Wildman–Crippen MR) is 87.1 cm³/mol. The highest BCUT2D eigenvalue weighted by molar-refractivity contribution is 6.33. The van der Waals surface area contributed by atoms with Gasteiger partial charge in [0.05, 0.1) is 16.4 Å². The number of rotatable bonds is 4. The molecule has 118 valence electrons. The molecule has 0 aliphatic carbocycles. The molecule has 3 rings (SSSR count). The van der Waals surface area contributed by atoms with Crippen molar-refractivity contribution < 1.29 is 4.74 Å². The SMILES string of the molecule is Cc1nccc(NC[C@@H]2CCCO[C@H]2c2nccn2C)c1Cl. The number of pyridine rings is 1. The standard InChI is InChI=1S/C16H21ClN4O/c1-11-14(17)13(5-6-18-11)20-10-12-4-3-9-22-15(12)16-19-7-8-21(16)2/h5-8,12,15H,3-4,9-10H2,1-2H3,(H,18,20)/t12-,15+/m0/s1. The molecule has 0 saturated carbocycles. The number of aromatic nitrogens is 3. The van der Waals surface area contributed by atoms with Crippen LogP contribution in [-0.4, -0.2) is 27.7 Å². The summed E-state index contributed by atoms with van der Waals surface area (Å²) in [6, 6.07) is 1.91. The molecule has 0 aromatic carbocycles. The van der Waals surface area contributed by atoms with E-state index < -0.39 is 0 Å². The van der Waals surface area contributed by atoms with Crippen LogP contribution in [0.3, 0.4) is 0 Å². The van der Waals surface area contributed by atoms with Gasteiger partial charge in [0.2, 0.25) is 0 Å². The van der Waals surface area contributed by atoms with Gasteiger partial charge in [0.1, 0.15) is 11.9 Å². The summed E-state index contributed by atoms with van der Waals surface area (Å²) >= 11 is 6.30. The van der Waals surface area contributed by atoms with Crippen molar-refractivity contribution in [2.45, 2.75) is 25.9 Å². The molecule has 1 aliphatic heterocycles. The molecule has 0 spiro atoms. The van der Waals surface area contributed by atoms with Gasteiger partial charge in [-0.15, -0.1) is 0 Å². The van der Waals surface area contributed by atoms with E-state index in [4.69, 9.17) is 16.3 Å². The van der Waals surface area contributed by atoms with Crippen LogP contribution in [-0.2, 0) is 11.8 Å². The van der Waals surface area contributed by atoms with E-state index in [0.29, 0.717) is 10.9 Å². The lowest BCUT2D eigenvalue weighted by atomic mass is 9.93. The first-order valence-corrected chi connectivity index (χ1v) is 7.98. The number of hydrogen-bond acceptors (Lipinski definition) is 4. The second-order valence-electron chi connectivity index (χ2n) is 5.73. The second kappa shape index (κ2) is 6.67. The molecule has 2 atom stereocenters. The monoisotopic (exact) mass is 320 g/mol. The van der Waals surface area contributed by atoms with Crippen LogP contribution in [0.2, 0.25) is 5.02 Å². The Hall–Kier alpha value is -1.59. The Morgan fingerprint density at radius 2 is 2.27 bits per heavy atom. The topological polar surface area (TPSA) is 52.0 Å². The summed E-state index contributed by atoms with van der Waals surface area (Å²) in [5.74, 6) is 1.36. The molecule has 2 aromatic heterocycles. The Morgan fingerprint density at radius 3 is 3.05 bits per heavy atom. The molecule has 1 fully saturated rings. The zero-order valence-corrected chi connectivity index (χ0v) is 13.7. The van der Waals surface area contributed by atoms with Crippen LogP contribution < -0.4 is 5.32 Å². The lowest BCUT2D eigenvalue weighted by Gasteiger charge is -2.31. The van der Waals surface area contributed by atoms with Crippen LogP contribution in [0, 0.1) is 12.8 Å². The molecule has 22 heavy (non-hydrogen) atoms. The highest BCUT2D eigenvalue weighted by Crippen LogP contribution is 2.33. The number of imidazole rings is 1. The molecule has 1 aliphatic rings. The Kier molecular flexibility index (Phi) is 4.64. The predicted octanol–water partition coefficient (Wildman–Crippen LogP) is 3.36. The average Bonchev–Trinajstić information content (AvgIpc) is 2.95. The summed E-state index contributed by atoms with van der Waals surface area (Å²) < 4.78 is 8.02. The summed E-state index contributed by atoms with van der Waals surface area (Å²) in [6.45, 7) is 3.51.